The molecule has 3 nitrogen and oxygen atoms in total. The summed E-state index contributed by atoms with van der Waals surface area (Å²) >= 11 is 0. The summed E-state index contributed by atoms with van der Waals surface area (Å²) in [7, 11) is 0. The highest BCUT2D eigenvalue weighted by atomic mass is 19.4. The number of aromatic nitrogens is 1. The summed E-state index contributed by atoms with van der Waals surface area (Å²) in [5.74, 6) is -0.398. The maximum absolute atomic E-state index is 13.1. The van der Waals surface area contributed by atoms with Crippen LogP contribution in [0.3, 0.4) is 0 Å². The number of nitrogens with zero attached hydrogens (tertiary/aromatic N) is 1. The van der Waals surface area contributed by atoms with Crippen molar-refractivity contribution in [2.45, 2.75) is 6.18 Å². The molecule has 0 spiro atoms. The van der Waals surface area contributed by atoms with Crippen LogP contribution in [0.4, 0.5) is 13.2 Å². The van der Waals surface area contributed by atoms with E-state index in [-0.39, 0.29) is 0 Å². The number of carbonyl (C=O) groups is 1. The summed E-state index contributed by atoms with van der Waals surface area (Å²) in [6.07, 6.45) is -4.46. The predicted molar refractivity (Wildman–Crippen MR) is 94.6 cm³/mol. The number of hydrogen-bond acceptors (Lipinski definition) is 1. The van der Waals surface area contributed by atoms with Crippen LogP contribution >= 0.6 is 0 Å². The molecule has 26 heavy (non-hydrogen) atoms. The maximum Gasteiger partial charge on any atom is 0.416 e. The average molecular weight is 354 g/mol. The van der Waals surface area contributed by atoms with Gasteiger partial charge in [-0.15, -0.1) is 0 Å². The van der Waals surface area contributed by atoms with Crippen molar-refractivity contribution in [1.82, 2.24) is 4.68 Å². The van der Waals surface area contributed by atoms with E-state index in [0.29, 0.717) is 22.0 Å². The molecule has 4 aromatic rings. The molecule has 0 aliphatic carbocycles. The zero-order chi connectivity index (χ0) is 18.3. The van der Waals surface area contributed by atoms with E-state index in [4.69, 9.17) is 0 Å². The van der Waals surface area contributed by atoms with Gasteiger partial charge in [-0.25, -0.2) is 0 Å². The van der Waals surface area contributed by atoms with Crippen molar-refractivity contribution in [2.24, 2.45) is 0 Å². The lowest BCUT2D eigenvalue weighted by Gasteiger charge is -2.11. The third kappa shape index (κ3) is 2.69. The molecule has 4 rings (SSSR count). The molecule has 1 amide bonds. The molecule has 0 aliphatic heterocycles. The average Bonchev–Trinajstić information content (AvgIpc) is 2.95. The van der Waals surface area contributed by atoms with Gasteiger partial charge in [0.2, 0.25) is 0 Å². The Bertz CT molecular complexity index is 1110. The van der Waals surface area contributed by atoms with E-state index in [9.17, 15) is 18.0 Å². The van der Waals surface area contributed by atoms with Crippen LogP contribution in [0.1, 0.15) is 15.9 Å². The Labute approximate surface area is 146 Å². The van der Waals surface area contributed by atoms with E-state index < -0.39 is 17.6 Å². The highest BCUT2D eigenvalue weighted by Crippen LogP contribution is 2.34. The lowest BCUT2D eigenvalue weighted by molar-refractivity contribution is -0.137. The highest BCUT2D eigenvalue weighted by molar-refractivity contribution is 6.10. The van der Waals surface area contributed by atoms with Crippen molar-refractivity contribution in [2.75, 3.05) is 5.43 Å². The smallest absolute Gasteiger partial charge is 0.267 e. The van der Waals surface area contributed by atoms with E-state index >= 15 is 0 Å². The molecule has 0 radical (unpaired) electrons. The number of benzene rings is 3. The maximum atomic E-state index is 13.1. The minimum atomic E-state index is -4.46. The quantitative estimate of drug-likeness (QED) is 0.528. The lowest BCUT2D eigenvalue weighted by atomic mass is 10.1. The number of para-hydroxylation sites is 1. The van der Waals surface area contributed by atoms with Crippen molar-refractivity contribution < 1.29 is 18.0 Å². The van der Waals surface area contributed by atoms with Gasteiger partial charge in [0.1, 0.15) is 0 Å². The van der Waals surface area contributed by atoms with Crippen molar-refractivity contribution in [3.05, 3.63) is 83.9 Å². The molecular weight excluding hydrogens is 341 g/mol. The number of nitrogens with one attached hydrogen (secondary N) is 1. The molecule has 1 N–H and O–H groups in total. The topological polar surface area (TPSA) is 34.0 Å². The first-order valence-corrected chi connectivity index (χ1v) is 7.92. The molecular formula is C20H13F3N2O. The lowest BCUT2D eigenvalue weighted by Crippen LogP contribution is -2.22. The number of halogens is 3. The van der Waals surface area contributed by atoms with Crippen molar-refractivity contribution in [1.29, 1.82) is 0 Å². The molecule has 1 heterocycles. The molecule has 0 saturated heterocycles. The Morgan fingerprint density at radius 1 is 0.808 bits per heavy atom. The van der Waals surface area contributed by atoms with Gasteiger partial charge >= 0.3 is 6.18 Å². The molecule has 1 aromatic heterocycles. The monoisotopic (exact) mass is 354 g/mol. The van der Waals surface area contributed by atoms with Gasteiger partial charge in [0.25, 0.3) is 5.91 Å². The van der Waals surface area contributed by atoms with E-state index in [1.54, 1.807) is 42.5 Å². The minimum Gasteiger partial charge on any atom is -0.267 e. The molecule has 3 aromatic carbocycles. The fourth-order valence-corrected chi connectivity index (χ4v) is 3.02. The van der Waals surface area contributed by atoms with Gasteiger partial charge in [0.15, 0.2) is 0 Å². The van der Waals surface area contributed by atoms with Crippen molar-refractivity contribution in [3.8, 4) is 0 Å². The van der Waals surface area contributed by atoms with Gasteiger partial charge in [-0.2, -0.15) is 13.2 Å². The van der Waals surface area contributed by atoms with Crippen molar-refractivity contribution >= 4 is 27.7 Å². The summed E-state index contributed by atoms with van der Waals surface area (Å²) in [6.45, 7) is 0. The Morgan fingerprint density at radius 3 is 2.19 bits per heavy atom. The van der Waals surface area contributed by atoms with Crippen LogP contribution in [0.5, 0.6) is 0 Å². The second-order valence-corrected chi connectivity index (χ2v) is 5.89. The van der Waals surface area contributed by atoms with Gasteiger partial charge in [0, 0.05) is 16.3 Å². The summed E-state index contributed by atoms with van der Waals surface area (Å²) in [5.41, 5.74) is 3.30. The number of rotatable bonds is 2. The van der Waals surface area contributed by atoms with E-state index in [1.165, 1.54) is 10.7 Å². The summed E-state index contributed by atoms with van der Waals surface area (Å²) in [6, 6.07) is 19.2. The normalized spacial score (nSPS) is 11.8. The Kier molecular flexibility index (Phi) is 3.68. The zero-order valence-corrected chi connectivity index (χ0v) is 13.4. The van der Waals surface area contributed by atoms with Crippen molar-refractivity contribution in [3.63, 3.8) is 0 Å². The number of carbonyl (C=O) groups excluding carboxylic acids is 1. The van der Waals surface area contributed by atoms with Crippen LogP contribution in [0, 0.1) is 0 Å². The summed E-state index contributed by atoms with van der Waals surface area (Å²) in [5, 5.41) is 1.41. The predicted octanol–water partition coefficient (Wildman–Crippen LogP) is 5.20. The summed E-state index contributed by atoms with van der Waals surface area (Å²) in [4.78, 5) is 12.5. The number of amides is 1. The van der Waals surface area contributed by atoms with E-state index in [2.05, 4.69) is 5.43 Å². The third-order valence-corrected chi connectivity index (χ3v) is 4.25. The van der Waals surface area contributed by atoms with Gasteiger partial charge in [-0.05, 0) is 30.3 Å². The van der Waals surface area contributed by atoms with E-state index in [0.717, 1.165) is 17.5 Å². The standard InChI is InChI=1S/C20H13F3N2O/c21-20(22,23)14-10-11-16-15-8-4-5-9-17(15)25(18(16)12-14)24-19(26)13-6-2-1-3-7-13/h1-12H,(H,24,26). The zero-order valence-electron chi connectivity index (χ0n) is 13.4. The molecule has 0 fully saturated rings. The molecule has 0 unspecified atom stereocenters. The molecule has 130 valence electrons. The Hall–Kier alpha value is -3.28. The first kappa shape index (κ1) is 16.2. The van der Waals surface area contributed by atoms with Crippen LogP contribution in [0.2, 0.25) is 0 Å². The SMILES string of the molecule is O=C(Nn1c2ccccc2c2ccc(C(F)(F)F)cc21)c1ccccc1. The van der Waals surface area contributed by atoms with Crippen LogP contribution in [-0.2, 0) is 6.18 Å². The fourth-order valence-electron chi connectivity index (χ4n) is 3.02. The second-order valence-electron chi connectivity index (χ2n) is 5.89. The fraction of sp³-hybridized carbons (Fsp3) is 0.0500. The second kappa shape index (κ2) is 5.91. The Morgan fingerprint density at radius 2 is 1.46 bits per heavy atom. The largest absolute Gasteiger partial charge is 0.416 e. The molecule has 0 aliphatic rings. The molecule has 0 saturated carbocycles. The highest BCUT2D eigenvalue weighted by Gasteiger charge is 2.31. The van der Waals surface area contributed by atoms with Gasteiger partial charge in [-0.1, -0.05) is 42.5 Å². The number of alkyl halides is 3. The first-order chi connectivity index (χ1) is 12.4. The van der Waals surface area contributed by atoms with Crippen LogP contribution < -0.4 is 5.43 Å². The molecule has 0 bridgehead atoms. The van der Waals surface area contributed by atoms with Crippen LogP contribution in [0.25, 0.3) is 21.8 Å². The summed E-state index contributed by atoms with van der Waals surface area (Å²) < 4.78 is 40.8. The Balaban J connectivity index is 1.91. The van der Waals surface area contributed by atoms with Gasteiger partial charge < -0.3 is 0 Å². The van der Waals surface area contributed by atoms with E-state index in [1.807, 2.05) is 12.1 Å². The number of hydrogen-bond donors (Lipinski definition) is 1. The third-order valence-electron chi connectivity index (χ3n) is 4.25. The van der Waals surface area contributed by atoms with Crippen LogP contribution in [0.15, 0.2) is 72.8 Å². The minimum absolute atomic E-state index is 0.297. The molecule has 6 heteroatoms. The first-order valence-electron chi connectivity index (χ1n) is 7.92. The van der Waals surface area contributed by atoms with Gasteiger partial charge in [-0.3, -0.25) is 14.9 Å². The van der Waals surface area contributed by atoms with Gasteiger partial charge in [0.05, 0.1) is 16.6 Å². The van der Waals surface area contributed by atoms with Crippen LogP contribution in [-0.4, -0.2) is 10.6 Å². The number of fused-ring (bicyclic) bond motifs is 3. The molecule has 0 atom stereocenters.